The Kier molecular flexibility index (Phi) is 11.4. The van der Waals surface area contributed by atoms with Crippen molar-refractivity contribution in [1.29, 1.82) is 31.6 Å². The van der Waals surface area contributed by atoms with Gasteiger partial charge in [0.15, 0.2) is 22.7 Å². The molecule has 0 N–H and O–H groups in total. The van der Waals surface area contributed by atoms with E-state index in [1.165, 1.54) is 36.4 Å². The van der Waals surface area contributed by atoms with E-state index in [0.717, 1.165) is 36.4 Å². The second kappa shape index (κ2) is 16.9. The Morgan fingerprint density at radius 2 is 1.03 bits per heavy atom. The van der Waals surface area contributed by atoms with E-state index < -0.39 is 58.3 Å². The number of benzene rings is 5. The van der Waals surface area contributed by atoms with Crippen molar-refractivity contribution in [1.82, 2.24) is 0 Å². The van der Waals surface area contributed by atoms with Crippen LogP contribution in [0.3, 0.4) is 0 Å². The molecule has 0 saturated heterocycles. The van der Waals surface area contributed by atoms with Crippen LogP contribution in [0.25, 0.3) is 62.7 Å². The van der Waals surface area contributed by atoms with E-state index in [9.17, 15) is 31.6 Å². The maximum absolute atomic E-state index is 15.4. The first-order chi connectivity index (χ1) is 29.0. The molecule has 0 aliphatic heterocycles. The average molecular weight is 789 g/mol. The third-order valence-electron chi connectivity index (χ3n) is 8.59. The Labute approximate surface area is 341 Å². The van der Waals surface area contributed by atoms with Crippen LogP contribution in [0.4, 0.5) is 22.7 Å². The van der Waals surface area contributed by atoms with Crippen LogP contribution in [-0.4, -0.2) is 8.42 Å². The largest absolute Gasteiger partial charge is 0.531 e. The lowest BCUT2D eigenvalue weighted by atomic mass is 9.90. The van der Waals surface area contributed by atoms with Gasteiger partial charge < -0.3 is 4.74 Å². The minimum absolute atomic E-state index is 0.0868. The van der Waals surface area contributed by atoms with Gasteiger partial charge in [0.05, 0.1) is 58.3 Å². The highest BCUT2D eigenvalue weighted by atomic mass is 32.2. The molecule has 5 rings (SSSR count). The van der Waals surface area contributed by atoms with E-state index in [-0.39, 0.29) is 61.9 Å². The van der Waals surface area contributed by atoms with Crippen molar-refractivity contribution >= 4 is 44.0 Å². The number of nitriles is 6. The SMILES string of the molecule is [C-]#[N+]C([N+]#[C-])=c1c(Oc2ccc([N+]#[C-])c([N+]#[C-])c2)c(-c2ccc(C#N)c(C#N)c2)c(=C(C#N)C#N)c(S(=O)(=O)c2ccc(C#N)c(C#N)c2)c1-c1ccc([N+]#[C-])c([N+]#[C-])c1. The molecule has 0 amide bonds. The average Bonchev–Trinajstić information content (AvgIpc) is 3.29. The molecule has 15 nitrogen and oxygen atoms in total. The zero-order valence-electron chi connectivity index (χ0n) is 29.9. The molecule has 0 aliphatic carbocycles. The molecule has 0 unspecified atom stereocenters. The van der Waals surface area contributed by atoms with Gasteiger partial charge in [0.2, 0.25) is 9.84 Å². The number of ether oxygens (including phenoxy) is 1. The summed E-state index contributed by atoms with van der Waals surface area (Å²) in [7, 11) is -5.23. The van der Waals surface area contributed by atoms with Crippen molar-refractivity contribution in [2.75, 3.05) is 0 Å². The van der Waals surface area contributed by atoms with E-state index in [0.29, 0.717) is 0 Å². The summed E-state index contributed by atoms with van der Waals surface area (Å²) in [6.07, 6.45) is 0. The third kappa shape index (κ3) is 6.95. The molecular weight excluding hydrogens is 777 g/mol. The van der Waals surface area contributed by atoms with Crippen molar-refractivity contribution in [3.63, 3.8) is 0 Å². The van der Waals surface area contributed by atoms with E-state index >= 15 is 8.42 Å². The molecular formula is C44H12N12O3S. The summed E-state index contributed by atoms with van der Waals surface area (Å²) in [5, 5.41) is 59.1. The van der Waals surface area contributed by atoms with Gasteiger partial charge >= 0.3 is 5.82 Å². The molecule has 5 aromatic rings. The van der Waals surface area contributed by atoms with E-state index in [1.807, 2.05) is 12.1 Å². The zero-order valence-corrected chi connectivity index (χ0v) is 30.7. The summed E-state index contributed by atoms with van der Waals surface area (Å²) in [5.74, 6) is -1.67. The number of sulfone groups is 1. The van der Waals surface area contributed by atoms with Crippen molar-refractivity contribution in [2.24, 2.45) is 0 Å². The van der Waals surface area contributed by atoms with Crippen molar-refractivity contribution in [3.8, 4) is 70.2 Å². The minimum atomic E-state index is -5.23. The summed E-state index contributed by atoms with van der Waals surface area (Å²) in [4.78, 5) is 18.6. The Morgan fingerprint density at radius 1 is 0.533 bits per heavy atom. The first-order valence-electron chi connectivity index (χ1n) is 16.1. The molecule has 0 atom stereocenters. The van der Waals surface area contributed by atoms with Gasteiger partial charge in [-0.2, -0.15) is 41.3 Å². The quantitative estimate of drug-likeness (QED) is 0.151. The molecule has 0 aliphatic rings. The Hall–Kier alpha value is -10.5. The molecule has 0 saturated carbocycles. The maximum Gasteiger partial charge on any atom is 0.531 e. The maximum atomic E-state index is 15.4. The number of rotatable bonds is 6. The van der Waals surface area contributed by atoms with Crippen molar-refractivity contribution in [3.05, 3.63) is 174 Å². The van der Waals surface area contributed by atoms with Gasteiger partial charge in [0.1, 0.15) is 71.9 Å². The lowest BCUT2D eigenvalue weighted by Gasteiger charge is -2.21. The highest BCUT2D eigenvalue weighted by Crippen LogP contribution is 2.42. The third-order valence-corrected chi connectivity index (χ3v) is 10.4. The lowest BCUT2D eigenvalue weighted by molar-refractivity contribution is 0.480. The zero-order chi connectivity index (χ0) is 43.7. The molecule has 0 aromatic heterocycles. The molecule has 272 valence electrons. The lowest BCUT2D eigenvalue weighted by Crippen LogP contribution is -2.29. The van der Waals surface area contributed by atoms with Crippen LogP contribution in [-0.2, 0) is 9.84 Å². The minimum Gasteiger partial charge on any atom is -0.459 e. The second-order valence-corrected chi connectivity index (χ2v) is 13.5. The molecule has 16 heteroatoms. The number of hydrogen-bond acceptors (Lipinski definition) is 9. The predicted octanol–water partition coefficient (Wildman–Crippen LogP) is 8.44. The van der Waals surface area contributed by atoms with Gasteiger partial charge in [-0.25, -0.2) is 13.3 Å². The van der Waals surface area contributed by atoms with E-state index in [1.54, 1.807) is 24.3 Å². The normalized spacial score (nSPS) is 9.60. The molecule has 0 bridgehead atoms. The highest BCUT2D eigenvalue weighted by Gasteiger charge is 2.35. The first-order valence-corrected chi connectivity index (χ1v) is 17.6. The van der Waals surface area contributed by atoms with Crippen LogP contribution in [0, 0.1) is 107 Å². The van der Waals surface area contributed by atoms with Crippen molar-refractivity contribution in [2.45, 2.75) is 9.79 Å². The smallest absolute Gasteiger partial charge is 0.459 e. The van der Waals surface area contributed by atoms with Gasteiger partial charge in [-0.05, 0) is 53.6 Å². The second-order valence-electron chi connectivity index (χ2n) is 11.6. The number of nitrogens with zero attached hydrogens (tertiary/aromatic N) is 12. The topological polar surface area (TPSA) is 212 Å². The fraction of sp³-hybridized carbons (Fsp3) is 0. The van der Waals surface area contributed by atoms with E-state index in [2.05, 4.69) is 29.1 Å². The van der Waals surface area contributed by atoms with Gasteiger partial charge in [0.25, 0.3) is 0 Å². The molecule has 5 aromatic carbocycles. The number of hydrogen-bond donors (Lipinski definition) is 0. The van der Waals surface area contributed by atoms with Crippen LogP contribution in [0.5, 0.6) is 11.5 Å². The summed E-state index contributed by atoms with van der Waals surface area (Å²) in [6, 6.07) is 24.1. The summed E-state index contributed by atoms with van der Waals surface area (Å²) < 4.78 is 37.3. The van der Waals surface area contributed by atoms with Crippen LogP contribution in [0.2, 0.25) is 0 Å². The Bertz CT molecular complexity index is 3550. The first kappa shape index (κ1) is 40.7. The predicted molar refractivity (Wildman–Crippen MR) is 210 cm³/mol. The van der Waals surface area contributed by atoms with Crippen LogP contribution >= 0.6 is 0 Å². The van der Waals surface area contributed by atoms with Gasteiger partial charge in [-0.3, -0.25) is 14.5 Å². The Balaban J connectivity index is 2.33. The van der Waals surface area contributed by atoms with Crippen molar-refractivity contribution < 1.29 is 13.2 Å². The molecule has 0 radical (unpaired) electrons. The molecule has 0 heterocycles. The van der Waals surface area contributed by atoms with Crippen LogP contribution < -0.4 is 15.2 Å². The Morgan fingerprint density at radius 3 is 1.57 bits per heavy atom. The van der Waals surface area contributed by atoms with Gasteiger partial charge in [-0.1, -0.05) is 30.3 Å². The van der Waals surface area contributed by atoms with Crippen LogP contribution in [0.15, 0.2) is 82.6 Å². The monoisotopic (exact) mass is 788 g/mol. The standard InChI is InChI=1S/C44H12N12O3S/c1-51-34-13-10-26(17-36(34)53-3)39-41(44(55-5)56-6)42(59-32-11-14-35(52-2)37(18-32)54-4)38(25-7-8-27(19-45)29(15-25)21-47)40(31(23-49)24-50)43(39)60(57,58)33-12-9-28(20-46)30(16-33)22-48/h7-18H. The highest BCUT2D eigenvalue weighted by molar-refractivity contribution is 7.91. The van der Waals surface area contributed by atoms with Gasteiger partial charge in [-0.15, -0.1) is 0 Å². The molecule has 0 fully saturated rings. The van der Waals surface area contributed by atoms with Gasteiger partial charge in [0, 0.05) is 16.3 Å². The molecule has 60 heavy (non-hydrogen) atoms. The van der Waals surface area contributed by atoms with Crippen LogP contribution in [0.1, 0.15) is 22.3 Å². The summed E-state index contributed by atoms with van der Waals surface area (Å²) >= 11 is 0. The fourth-order valence-electron chi connectivity index (χ4n) is 5.97. The fourth-order valence-corrected chi connectivity index (χ4v) is 7.69. The summed E-state index contributed by atoms with van der Waals surface area (Å²) in [5.41, 5.74) is -4.17. The van der Waals surface area contributed by atoms with E-state index in [4.69, 9.17) is 44.2 Å². The summed E-state index contributed by atoms with van der Waals surface area (Å²) in [6.45, 7) is 46.8. The molecule has 0 spiro atoms.